The molecule has 0 atom stereocenters. The summed E-state index contributed by atoms with van der Waals surface area (Å²) in [5.74, 6) is -0.501. The highest BCUT2D eigenvalue weighted by Crippen LogP contribution is 2.31. The summed E-state index contributed by atoms with van der Waals surface area (Å²) in [6.45, 7) is 0. The van der Waals surface area contributed by atoms with Gasteiger partial charge in [0, 0.05) is 16.5 Å². The molecule has 2 aromatic heterocycles. The first-order valence-corrected chi connectivity index (χ1v) is 6.90. The van der Waals surface area contributed by atoms with Crippen molar-refractivity contribution >= 4 is 16.9 Å². The molecule has 4 aromatic rings. The lowest BCUT2D eigenvalue weighted by Crippen LogP contribution is -2.01. The van der Waals surface area contributed by atoms with E-state index in [0.717, 1.165) is 10.9 Å². The Morgan fingerprint density at radius 3 is 2.74 bits per heavy atom. The van der Waals surface area contributed by atoms with E-state index in [-0.39, 0.29) is 5.56 Å². The summed E-state index contributed by atoms with van der Waals surface area (Å²) in [5.41, 5.74) is 2.85. The van der Waals surface area contributed by atoms with Crippen LogP contribution in [0, 0.1) is 0 Å². The van der Waals surface area contributed by atoms with Gasteiger partial charge in [-0.25, -0.2) is 9.78 Å². The number of carboxylic acids is 1. The highest BCUT2D eigenvalue weighted by molar-refractivity contribution is 6.02. The molecule has 0 unspecified atom stereocenters. The molecule has 112 valence electrons. The number of aromatic carboxylic acids is 1. The van der Waals surface area contributed by atoms with Crippen molar-refractivity contribution in [1.82, 2.24) is 25.4 Å². The molecule has 23 heavy (non-hydrogen) atoms. The van der Waals surface area contributed by atoms with Crippen molar-refractivity contribution in [3.8, 4) is 22.6 Å². The van der Waals surface area contributed by atoms with E-state index in [9.17, 15) is 9.90 Å². The molecule has 0 aliphatic rings. The third-order valence-corrected chi connectivity index (χ3v) is 3.66. The highest BCUT2D eigenvalue weighted by atomic mass is 16.4. The van der Waals surface area contributed by atoms with Gasteiger partial charge in [0.05, 0.1) is 11.1 Å². The number of fused-ring (bicyclic) bond motifs is 1. The maximum atomic E-state index is 11.7. The Balaban J connectivity index is 1.93. The Bertz CT molecular complexity index is 1000. The zero-order valence-electron chi connectivity index (χ0n) is 11.8. The number of carbonyl (C=O) groups is 1. The number of aromatic amines is 2. The number of nitrogens with one attached hydrogen (secondary N) is 2. The number of H-pyrrole nitrogens is 2. The van der Waals surface area contributed by atoms with Crippen LogP contribution in [-0.4, -0.2) is 36.5 Å². The van der Waals surface area contributed by atoms with Crippen molar-refractivity contribution in [2.75, 3.05) is 0 Å². The molecule has 0 saturated carbocycles. The lowest BCUT2D eigenvalue weighted by molar-refractivity contribution is 0.0698. The van der Waals surface area contributed by atoms with E-state index in [0.29, 0.717) is 22.6 Å². The second-order valence-corrected chi connectivity index (χ2v) is 5.02. The van der Waals surface area contributed by atoms with Crippen LogP contribution in [0.25, 0.3) is 33.5 Å². The van der Waals surface area contributed by atoms with Gasteiger partial charge in [0.1, 0.15) is 12.0 Å². The molecular formula is C16H11N5O2. The summed E-state index contributed by atoms with van der Waals surface area (Å²) >= 11 is 0. The van der Waals surface area contributed by atoms with Crippen molar-refractivity contribution in [2.24, 2.45) is 0 Å². The number of carboxylic acid groups (broad SMARTS) is 1. The van der Waals surface area contributed by atoms with E-state index in [4.69, 9.17) is 0 Å². The Kier molecular flexibility index (Phi) is 2.90. The van der Waals surface area contributed by atoms with Gasteiger partial charge in [-0.15, -0.1) is 0 Å². The zero-order valence-corrected chi connectivity index (χ0v) is 11.8. The van der Waals surface area contributed by atoms with Crippen LogP contribution in [0.4, 0.5) is 0 Å². The van der Waals surface area contributed by atoms with E-state index in [1.165, 1.54) is 6.33 Å². The molecule has 2 heterocycles. The molecule has 0 bridgehead atoms. The maximum Gasteiger partial charge on any atom is 0.336 e. The molecule has 0 saturated heterocycles. The lowest BCUT2D eigenvalue weighted by Gasteiger charge is -2.06. The Morgan fingerprint density at radius 1 is 1.09 bits per heavy atom. The summed E-state index contributed by atoms with van der Waals surface area (Å²) < 4.78 is 0. The summed E-state index contributed by atoms with van der Waals surface area (Å²) in [7, 11) is 0. The van der Waals surface area contributed by atoms with E-state index in [1.54, 1.807) is 18.2 Å². The fourth-order valence-corrected chi connectivity index (χ4v) is 2.59. The first kappa shape index (κ1) is 13.2. The largest absolute Gasteiger partial charge is 0.478 e. The molecule has 7 heteroatoms. The van der Waals surface area contributed by atoms with Crippen LogP contribution in [0.1, 0.15) is 10.4 Å². The predicted molar refractivity (Wildman–Crippen MR) is 83.9 cm³/mol. The summed E-state index contributed by atoms with van der Waals surface area (Å²) in [4.78, 5) is 15.7. The van der Waals surface area contributed by atoms with Crippen molar-refractivity contribution in [3.05, 3.63) is 54.4 Å². The normalized spacial score (nSPS) is 11.0. The number of hydrogen-bond donors (Lipinski definition) is 3. The van der Waals surface area contributed by atoms with Crippen molar-refractivity contribution < 1.29 is 9.90 Å². The van der Waals surface area contributed by atoms with Gasteiger partial charge in [-0.1, -0.05) is 30.3 Å². The zero-order chi connectivity index (χ0) is 15.8. The first-order valence-electron chi connectivity index (χ1n) is 6.90. The molecule has 0 aliphatic heterocycles. The molecule has 4 rings (SSSR count). The molecule has 2 aromatic carbocycles. The average molecular weight is 305 g/mol. The van der Waals surface area contributed by atoms with Gasteiger partial charge in [0.2, 0.25) is 0 Å². The minimum Gasteiger partial charge on any atom is -0.478 e. The van der Waals surface area contributed by atoms with Crippen LogP contribution >= 0.6 is 0 Å². The number of aromatic nitrogens is 5. The van der Waals surface area contributed by atoms with Crippen LogP contribution < -0.4 is 0 Å². The topological polar surface area (TPSA) is 108 Å². The number of rotatable bonds is 3. The maximum absolute atomic E-state index is 11.7. The van der Waals surface area contributed by atoms with Crippen LogP contribution in [0.15, 0.2) is 48.8 Å². The Morgan fingerprint density at radius 2 is 1.96 bits per heavy atom. The van der Waals surface area contributed by atoms with Crippen molar-refractivity contribution in [3.63, 3.8) is 0 Å². The molecular weight excluding hydrogens is 294 g/mol. The standard InChI is InChI=1S/C16H11N5O2/c22-16(23)12-7-9(15-17-8-18-21-15)5-6-10(12)14-11-3-1-2-4-13(11)19-20-14/h1-8H,(H,19,20)(H,22,23)(H,17,18,21). The number of benzene rings is 2. The van der Waals surface area contributed by atoms with Gasteiger partial charge in [0.25, 0.3) is 0 Å². The average Bonchev–Trinajstić information content (AvgIpc) is 3.24. The van der Waals surface area contributed by atoms with Crippen molar-refractivity contribution in [2.45, 2.75) is 0 Å². The molecule has 0 amide bonds. The predicted octanol–water partition coefficient (Wildman–Crippen LogP) is 2.71. The van der Waals surface area contributed by atoms with Gasteiger partial charge < -0.3 is 5.11 Å². The number of para-hydroxylation sites is 1. The minimum absolute atomic E-state index is 0.163. The third-order valence-electron chi connectivity index (χ3n) is 3.66. The van der Waals surface area contributed by atoms with E-state index in [2.05, 4.69) is 25.4 Å². The van der Waals surface area contributed by atoms with Crippen LogP contribution in [0.5, 0.6) is 0 Å². The summed E-state index contributed by atoms with van der Waals surface area (Å²) in [6.07, 6.45) is 1.38. The molecule has 7 nitrogen and oxygen atoms in total. The highest BCUT2D eigenvalue weighted by Gasteiger charge is 2.18. The Hall–Kier alpha value is -3.48. The van der Waals surface area contributed by atoms with Gasteiger partial charge in [0.15, 0.2) is 5.82 Å². The van der Waals surface area contributed by atoms with Crippen LogP contribution in [0.2, 0.25) is 0 Å². The van der Waals surface area contributed by atoms with E-state index in [1.807, 2.05) is 24.3 Å². The van der Waals surface area contributed by atoms with Crippen LogP contribution in [-0.2, 0) is 0 Å². The fraction of sp³-hybridized carbons (Fsp3) is 0. The SMILES string of the molecule is O=C(O)c1cc(-c2ncn[nH]2)ccc1-c1n[nH]c2ccccc12. The molecule has 0 spiro atoms. The van der Waals surface area contributed by atoms with Gasteiger partial charge in [-0.05, 0) is 12.1 Å². The van der Waals surface area contributed by atoms with Crippen molar-refractivity contribution in [1.29, 1.82) is 0 Å². The first-order chi connectivity index (χ1) is 11.2. The lowest BCUT2D eigenvalue weighted by atomic mass is 9.99. The minimum atomic E-state index is -1.02. The van der Waals surface area contributed by atoms with Gasteiger partial charge >= 0.3 is 5.97 Å². The molecule has 3 N–H and O–H groups in total. The van der Waals surface area contributed by atoms with E-state index < -0.39 is 5.97 Å². The van der Waals surface area contributed by atoms with E-state index >= 15 is 0 Å². The van der Waals surface area contributed by atoms with Gasteiger partial charge in [-0.2, -0.15) is 10.2 Å². The summed E-state index contributed by atoms with van der Waals surface area (Å²) in [6, 6.07) is 12.7. The van der Waals surface area contributed by atoms with Crippen LogP contribution in [0.3, 0.4) is 0 Å². The molecule has 0 fully saturated rings. The fourth-order valence-electron chi connectivity index (χ4n) is 2.59. The van der Waals surface area contributed by atoms with Gasteiger partial charge in [-0.3, -0.25) is 10.2 Å². The third kappa shape index (κ3) is 2.15. The number of nitrogens with zero attached hydrogens (tertiary/aromatic N) is 3. The second-order valence-electron chi connectivity index (χ2n) is 5.02. The second kappa shape index (κ2) is 5.06. The molecule has 0 aliphatic carbocycles. The monoisotopic (exact) mass is 305 g/mol. The molecule has 0 radical (unpaired) electrons. The summed E-state index contributed by atoms with van der Waals surface area (Å²) in [5, 5.41) is 24.2. The quantitative estimate of drug-likeness (QED) is 0.539. The Labute approximate surface area is 130 Å². The number of hydrogen-bond acceptors (Lipinski definition) is 4. The smallest absolute Gasteiger partial charge is 0.336 e.